The molecule has 0 fully saturated rings. The molecule has 1 aromatic carbocycles. The molecule has 0 N–H and O–H groups in total. The van der Waals surface area contributed by atoms with Crippen molar-refractivity contribution in [3.05, 3.63) is 59.7 Å². The molecule has 0 atom stereocenters. The highest BCUT2D eigenvalue weighted by atomic mass is 19.1. The largest absolute Gasteiger partial charge is 0.311 e. The second-order valence-electron chi connectivity index (χ2n) is 3.88. The van der Waals surface area contributed by atoms with E-state index in [-0.39, 0.29) is 17.4 Å². The molecular weight excluding hydrogens is 245 g/mol. The number of carbonyl (C=O) groups excluding carboxylic acids is 1. The number of pyridine rings is 1. The van der Waals surface area contributed by atoms with Crippen LogP contribution < -0.4 is 4.90 Å². The summed E-state index contributed by atoms with van der Waals surface area (Å²) < 4.78 is 12.8. The molecular formula is C14H10FN3O. The first kappa shape index (κ1) is 12.7. The molecule has 0 aliphatic rings. The van der Waals surface area contributed by atoms with E-state index in [0.29, 0.717) is 11.3 Å². The smallest absolute Gasteiger partial charge is 0.259 e. The van der Waals surface area contributed by atoms with E-state index >= 15 is 0 Å². The van der Waals surface area contributed by atoms with Gasteiger partial charge in [-0.2, -0.15) is 5.26 Å². The number of halogens is 1. The summed E-state index contributed by atoms with van der Waals surface area (Å²) in [5.74, 6) is -0.631. The van der Waals surface area contributed by atoms with E-state index in [0.717, 1.165) is 0 Å². The van der Waals surface area contributed by atoms with Crippen LogP contribution in [0.2, 0.25) is 0 Å². The molecule has 2 aromatic rings. The number of hydrogen-bond acceptors (Lipinski definition) is 3. The first-order valence-electron chi connectivity index (χ1n) is 5.51. The zero-order valence-electron chi connectivity index (χ0n) is 10.2. The monoisotopic (exact) mass is 255 g/mol. The predicted octanol–water partition coefficient (Wildman–Crippen LogP) is 2.37. The van der Waals surface area contributed by atoms with Crippen LogP contribution in [-0.4, -0.2) is 17.9 Å². The van der Waals surface area contributed by atoms with Crippen molar-refractivity contribution in [3.8, 4) is 6.07 Å². The first-order valence-corrected chi connectivity index (χ1v) is 5.51. The second-order valence-corrected chi connectivity index (χ2v) is 3.88. The number of nitrogens with zero attached hydrogens (tertiary/aromatic N) is 3. The van der Waals surface area contributed by atoms with Crippen molar-refractivity contribution < 1.29 is 9.18 Å². The van der Waals surface area contributed by atoms with Gasteiger partial charge in [0.2, 0.25) is 0 Å². The van der Waals surface area contributed by atoms with Crippen LogP contribution in [0.25, 0.3) is 0 Å². The zero-order valence-corrected chi connectivity index (χ0v) is 10.2. The standard InChI is InChI=1S/C14H10FN3O/c1-18(13-6-3-11(15)4-7-13)14(19)10-2-5-12(8-16)17-9-10/h2-7,9H,1H3. The topological polar surface area (TPSA) is 57.0 Å². The predicted molar refractivity (Wildman–Crippen MR) is 68.1 cm³/mol. The fourth-order valence-electron chi connectivity index (χ4n) is 1.56. The molecule has 19 heavy (non-hydrogen) atoms. The number of carbonyl (C=O) groups is 1. The molecule has 0 aliphatic heterocycles. The minimum Gasteiger partial charge on any atom is -0.311 e. The average molecular weight is 255 g/mol. The highest BCUT2D eigenvalue weighted by molar-refractivity contribution is 6.05. The molecule has 0 bridgehead atoms. The number of benzene rings is 1. The Labute approximate surface area is 109 Å². The summed E-state index contributed by atoms with van der Waals surface area (Å²) in [5.41, 5.74) is 1.20. The van der Waals surface area contributed by atoms with Crippen LogP contribution in [0.5, 0.6) is 0 Å². The van der Waals surface area contributed by atoms with Gasteiger partial charge in [0.1, 0.15) is 17.6 Å². The minimum absolute atomic E-state index is 0.251. The molecule has 1 aromatic heterocycles. The van der Waals surface area contributed by atoms with E-state index in [1.807, 2.05) is 6.07 Å². The van der Waals surface area contributed by atoms with E-state index in [9.17, 15) is 9.18 Å². The lowest BCUT2D eigenvalue weighted by molar-refractivity contribution is 0.0992. The van der Waals surface area contributed by atoms with Crippen molar-refractivity contribution in [2.24, 2.45) is 0 Å². The van der Waals surface area contributed by atoms with Gasteiger partial charge in [-0.1, -0.05) is 0 Å². The molecule has 4 nitrogen and oxygen atoms in total. The quantitative estimate of drug-likeness (QED) is 0.827. The van der Waals surface area contributed by atoms with Crippen LogP contribution in [0, 0.1) is 17.1 Å². The van der Waals surface area contributed by atoms with Crippen LogP contribution in [0.1, 0.15) is 16.1 Å². The Morgan fingerprint density at radius 2 is 1.95 bits per heavy atom. The number of hydrogen-bond donors (Lipinski definition) is 0. The van der Waals surface area contributed by atoms with E-state index in [4.69, 9.17) is 5.26 Å². The third kappa shape index (κ3) is 2.75. The lowest BCUT2D eigenvalue weighted by Gasteiger charge is -2.17. The molecule has 1 heterocycles. The number of rotatable bonds is 2. The summed E-state index contributed by atoms with van der Waals surface area (Å²) in [6.45, 7) is 0. The van der Waals surface area contributed by atoms with Crippen LogP contribution >= 0.6 is 0 Å². The van der Waals surface area contributed by atoms with Gasteiger partial charge in [-0.05, 0) is 36.4 Å². The summed E-state index contributed by atoms with van der Waals surface area (Å²) in [4.78, 5) is 17.4. The number of anilines is 1. The highest BCUT2D eigenvalue weighted by Gasteiger charge is 2.13. The number of amides is 1. The van der Waals surface area contributed by atoms with Gasteiger partial charge in [-0.3, -0.25) is 4.79 Å². The van der Waals surface area contributed by atoms with E-state index in [1.165, 1.54) is 47.5 Å². The van der Waals surface area contributed by atoms with Gasteiger partial charge in [0.05, 0.1) is 5.56 Å². The Kier molecular flexibility index (Phi) is 3.53. The molecule has 1 amide bonds. The van der Waals surface area contributed by atoms with Gasteiger partial charge >= 0.3 is 0 Å². The maximum Gasteiger partial charge on any atom is 0.259 e. The fraction of sp³-hybridized carbons (Fsp3) is 0.0714. The van der Waals surface area contributed by atoms with Crippen LogP contribution in [0.3, 0.4) is 0 Å². The summed E-state index contributed by atoms with van der Waals surface area (Å²) in [6, 6.07) is 10.5. The Morgan fingerprint density at radius 3 is 2.47 bits per heavy atom. The lowest BCUT2D eigenvalue weighted by Crippen LogP contribution is -2.26. The molecule has 0 saturated carbocycles. The summed E-state index contributed by atoms with van der Waals surface area (Å²) in [6.07, 6.45) is 1.35. The Balaban J connectivity index is 2.23. The second kappa shape index (κ2) is 5.27. The highest BCUT2D eigenvalue weighted by Crippen LogP contribution is 2.15. The summed E-state index contributed by atoms with van der Waals surface area (Å²) in [5, 5.41) is 8.64. The molecule has 0 saturated heterocycles. The molecule has 0 unspecified atom stereocenters. The maximum atomic E-state index is 12.8. The lowest BCUT2D eigenvalue weighted by atomic mass is 10.2. The van der Waals surface area contributed by atoms with Gasteiger partial charge in [0, 0.05) is 18.9 Å². The van der Waals surface area contributed by atoms with Crippen LogP contribution in [0.4, 0.5) is 10.1 Å². The first-order chi connectivity index (χ1) is 9.11. The van der Waals surface area contributed by atoms with Crippen molar-refractivity contribution in [1.29, 1.82) is 5.26 Å². The van der Waals surface area contributed by atoms with Crippen molar-refractivity contribution in [1.82, 2.24) is 4.98 Å². The summed E-state index contributed by atoms with van der Waals surface area (Å²) >= 11 is 0. The van der Waals surface area contributed by atoms with Gasteiger partial charge < -0.3 is 4.90 Å². The Bertz CT molecular complexity index is 629. The third-order valence-electron chi connectivity index (χ3n) is 2.64. The van der Waals surface area contributed by atoms with Crippen LogP contribution in [-0.2, 0) is 0 Å². The molecule has 0 radical (unpaired) electrons. The fourth-order valence-corrected chi connectivity index (χ4v) is 1.56. The molecule has 0 aliphatic carbocycles. The number of nitriles is 1. The van der Waals surface area contributed by atoms with E-state index < -0.39 is 0 Å². The normalized spacial score (nSPS) is 9.74. The molecule has 5 heteroatoms. The minimum atomic E-state index is -0.357. The van der Waals surface area contributed by atoms with Crippen molar-refractivity contribution >= 4 is 11.6 Å². The Hall–Kier alpha value is -2.74. The van der Waals surface area contributed by atoms with Crippen molar-refractivity contribution in [3.63, 3.8) is 0 Å². The average Bonchev–Trinajstić information content (AvgIpc) is 2.46. The van der Waals surface area contributed by atoms with Crippen molar-refractivity contribution in [2.45, 2.75) is 0 Å². The van der Waals surface area contributed by atoms with Gasteiger partial charge in [0.15, 0.2) is 0 Å². The zero-order chi connectivity index (χ0) is 13.8. The van der Waals surface area contributed by atoms with Gasteiger partial charge in [-0.15, -0.1) is 0 Å². The Morgan fingerprint density at radius 1 is 1.26 bits per heavy atom. The SMILES string of the molecule is CN(C(=O)c1ccc(C#N)nc1)c1ccc(F)cc1. The van der Waals surface area contributed by atoms with E-state index in [1.54, 1.807) is 7.05 Å². The van der Waals surface area contributed by atoms with Crippen molar-refractivity contribution in [2.75, 3.05) is 11.9 Å². The van der Waals surface area contributed by atoms with Crippen LogP contribution in [0.15, 0.2) is 42.6 Å². The van der Waals surface area contributed by atoms with E-state index in [2.05, 4.69) is 4.98 Å². The third-order valence-corrected chi connectivity index (χ3v) is 2.64. The molecule has 0 spiro atoms. The summed E-state index contributed by atoms with van der Waals surface area (Å²) in [7, 11) is 1.59. The maximum absolute atomic E-state index is 12.8. The molecule has 2 rings (SSSR count). The molecule has 94 valence electrons. The number of aromatic nitrogens is 1. The van der Waals surface area contributed by atoms with Gasteiger partial charge in [0.25, 0.3) is 5.91 Å². The van der Waals surface area contributed by atoms with Gasteiger partial charge in [-0.25, -0.2) is 9.37 Å².